The first kappa shape index (κ1) is 18.0. The van der Waals surface area contributed by atoms with Crippen LogP contribution in [0.2, 0.25) is 0 Å². The van der Waals surface area contributed by atoms with Gasteiger partial charge in [0, 0.05) is 19.2 Å². The van der Waals surface area contributed by atoms with Gasteiger partial charge in [0.05, 0.1) is 18.2 Å². The van der Waals surface area contributed by atoms with E-state index in [4.69, 9.17) is 9.84 Å². The van der Waals surface area contributed by atoms with E-state index in [1.165, 1.54) is 17.0 Å². The van der Waals surface area contributed by atoms with Crippen molar-refractivity contribution in [1.29, 1.82) is 0 Å². The molecule has 7 heteroatoms. The van der Waals surface area contributed by atoms with Crippen molar-refractivity contribution >= 4 is 17.7 Å². The number of carbonyl (C=O) groups is 2. The third-order valence-corrected chi connectivity index (χ3v) is 3.97. The molecule has 6 nitrogen and oxygen atoms in total. The summed E-state index contributed by atoms with van der Waals surface area (Å²) in [6, 6.07) is 3.79. The first-order valence-electron chi connectivity index (χ1n) is 8.08. The van der Waals surface area contributed by atoms with Crippen LogP contribution in [0.3, 0.4) is 0 Å². The maximum absolute atomic E-state index is 14.1. The van der Waals surface area contributed by atoms with Crippen molar-refractivity contribution in [2.24, 2.45) is 11.8 Å². The normalized spacial score (nSPS) is 17.2. The zero-order chi connectivity index (χ0) is 17.7. The summed E-state index contributed by atoms with van der Waals surface area (Å²) in [5, 5.41) is 11.4. The summed E-state index contributed by atoms with van der Waals surface area (Å²) >= 11 is 0. The number of ether oxygens (including phenoxy) is 1. The molecular weight excluding hydrogens is 315 g/mol. The summed E-state index contributed by atoms with van der Waals surface area (Å²) in [7, 11) is 0. The number of likely N-dealkylation sites (tertiary alicyclic amines) is 1. The number of carboxylic acid groups (broad SMARTS) is 1. The number of amides is 2. The molecule has 0 spiro atoms. The van der Waals surface area contributed by atoms with E-state index in [2.05, 4.69) is 19.2 Å². The summed E-state index contributed by atoms with van der Waals surface area (Å²) in [6.45, 7) is 5.15. The Morgan fingerprint density at radius 3 is 2.79 bits per heavy atom. The lowest BCUT2D eigenvalue weighted by Crippen LogP contribution is -2.34. The van der Waals surface area contributed by atoms with Crippen molar-refractivity contribution in [1.82, 2.24) is 4.90 Å². The molecule has 0 bridgehead atoms. The fourth-order valence-electron chi connectivity index (χ4n) is 2.44. The molecule has 1 aliphatic rings. The van der Waals surface area contributed by atoms with Crippen LogP contribution in [0.1, 0.15) is 26.7 Å². The van der Waals surface area contributed by atoms with Crippen LogP contribution < -0.4 is 10.1 Å². The van der Waals surface area contributed by atoms with Crippen LogP contribution in [0.15, 0.2) is 18.2 Å². The molecule has 2 amide bonds. The van der Waals surface area contributed by atoms with Gasteiger partial charge in [0.25, 0.3) is 0 Å². The number of nitrogens with one attached hydrogen (secondary N) is 1. The second-order valence-corrected chi connectivity index (χ2v) is 6.37. The Kier molecular flexibility index (Phi) is 6.00. The van der Waals surface area contributed by atoms with E-state index in [-0.39, 0.29) is 12.2 Å². The maximum atomic E-state index is 14.1. The summed E-state index contributed by atoms with van der Waals surface area (Å²) < 4.78 is 19.6. The predicted molar refractivity (Wildman–Crippen MR) is 87.7 cm³/mol. The lowest BCUT2D eigenvalue weighted by Gasteiger charge is -2.17. The molecule has 2 N–H and O–H groups in total. The molecule has 2 rings (SSSR count). The van der Waals surface area contributed by atoms with Gasteiger partial charge in [-0.3, -0.25) is 4.79 Å². The lowest BCUT2D eigenvalue weighted by atomic mass is 10.1. The predicted octanol–water partition coefficient (Wildman–Crippen LogP) is 3.19. The molecular formula is C17H23FN2O4. The third-order valence-electron chi connectivity index (χ3n) is 3.97. The first-order chi connectivity index (χ1) is 11.4. The minimum Gasteiger partial charge on any atom is -0.493 e. The van der Waals surface area contributed by atoms with Crippen LogP contribution in [0.25, 0.3) is 0 Å². The molecule has 0 saturated carbocycles. The van der Waals surface area contributed by atoms with Crippen molar-refractivity contribution in [3.63, 3.8) is 0 Å². The number of rotatable bonds is 6. The Morgan fingerprint density at radius 2 is 2.21 bits per heavy atom. The molecule has 1 heterocycles. The van der Waals surface area contributed by atoms with Gasteiger partial charge >= 0.3 is 12.0 Å². The molecule has 0 aliphatic carbocycles. The van der Waals surface area contributed by atoms with Gasteiger partial charge in [0.15, 0.2) is 0 Å². The number of hydrogen-bond donors (Lipinski definition) is 2. The molecule has 1 unspecified atom stereocenters. The average molecular weight is 338 g/mol. The van der Waals surface area contributed by atoms with Gasteiger partial charge in [-0.15, -0.1) is 0 Å². The zero-order valence-electron chi connectivity index (χ0n) is 13.9. The fourth-order valence-corrected chi connectivity index (χ4v) is 2.44. The van der Waals surface area contributed by atoms with Gasteiger partial charge < -0.3 is 20.1 Å². The Morgan fingerprint density at radius 1 is 1.46 bits per heavy atom. The summed E-state index contributed by atoms with van der Waals surface area (Å²) in [5.74, 6) is -1.14. The van der Waals surface area contributed by atoms with Gasteiger partial charge in [-0.1, -0.05) is 13.8 Å². The number of benzene rings is 1. The van der Waals surface area contributed by atoms with Crippen LogP contribution in [0.4, 0.5) is 14.9 Å². The van der Waals surface area contributed by atoms with Crippen LogP contribution in [-0.4, -0.2) is 41.7 Å². The van der Waals surface area contributed by atoms with Gasteiger partial charge in [-0.2, -0.15) is 0 Å². The lowest BCUT2D eigenvalue weighted by molar-refractivity contribution is -0.141. The highest BCUT2D eigenvalue weighted by Crippen LogP contribution is 2.23. The third kappa shape index (κ3) is 4.84. The van der Waals surface area contributed by atoms with Crippen molar-refractivity contribution in [2.45, 2.75) is 26.7 Å². The van der Waals surface area contributed by atoms with Crippen molar-refractivity contribution in [2.75, 3.05) is 25.0 Å². The molecule has 1 atom stereocenters. The topological polar surface area (TPSA) is 78.9 Å². The number of nitrogens with zero attached hydrogens (tertiary/aromatic N) is 1. The van der Waals surface area contributed by atoms with Gasteiger partial charge in [0.1, 0.15) is 11.6 Å². The molecule has 1 fully saturated rings. The molecule has 1 aromatic carbocycles. The number of hydrogen-bond acceptors (Lipinski definition) is 3. The molecule has 0 radical (unpaired) electrons. The van der Waals surface area contributed by atoms with Crippen molar-refractivity contribution in [3.05, 3.63) is 24.0 Å². The van der Waals surface area contributed by atoms with Crippen LogP contribution in [0, 0.1) is 17.7 Å². The second kappa shape index (κ2) is 7.99. The number of halogens is 1. The standard InChI is InChI=1S/C17H23FN2O4/c1-11(2)6-8-24-13-3-4-15(14(18)9-13)19-17(23)20-7-5-12(10-20)16(21)22/h3-4,9,11-12H,5-8,10H2,1-2H3,(H,19,23)(H,21,22). The van der Waals surface area contributed by atoms with Crippen molar-refractivity contribution in [3.8, 4) is 5.75 Å². The minimum absolute atomic E-state index is 0.0509. The van der Waals surface area contributed by atoms with Gasteiger partial charge in [-0.25, -0.2) is 9.18 Å². The monoisotopic (exact) mass is 338 g/mol. The fraction of sp³-hybridized carbons (Fsp3) is 0.529. The van der Waals surface area contributed by atoms with Crippen molar-refractivity contribution < 1.29 is 23.8 Å². The highest BCUT2D eigenvalue weighted by molar-refractivity contribution is 5.90. The average Bonchev–Trinajstić information content (AvgIpc) is 2.99. The molecule has 1 aromatic rings. The molecule has 1 saturated heterocycles. The van der Waals surface area contributed by atoms with E-state index in [1.807, 2.05) is 0 Å². The van der Waals surface area contributed by atoms with E-state index in [0.29, 0.717) is 31.2 Å². The largest absolute Gasteiger partial charge is 0.493 e. The van der Waals surface area contributed by atoms with Crippen LogP contribution in [0.5, 0.6) is 5.75 Å². The Hall–Kier alpha value is -2.31. The van der Waals surface area contributed by atoms with E-state index < -0.39 is 23.7 Å². The second-order valence-electron chi connectivity index (χ2n) is 6.37. The molecule has 132 valence electrons. The number of carboxylic acids is 1. The van der Waals surface area contributed by atoms with E-state index >= 15 is 0 Å². The van der Waals surface area contributed by atoms with E-state index in [1.54, 1.807) is 6.07 Å². The Labute approximate surface area is 140 Å². The minimum atomic E-state index is -0.917. The molecule has 1 aliphatic heterocycles. The highest BCUT2D eigenvalue weighted by Gasteiger charge is 2.31. The highest BCUT2D eigenvalue weighted by atomic mass is 19.1. The van der Waals surface area contributed by atoms with Crippen LogP contribution in [-0.2, 0) is 4.79 Å². The summed E-state index contributed by atoms with van der Waals surface area (Å²) in [6.07, 6.45) is 1.29. The zero-order valence-corrected chi connectivity index (χ0v) is 13.9. The first-order valence-corrected chi connectivity index (χ1v) is 8.08. The number of carbonyl (C=O) groups excluding carboxylic acids is 1. The Balaban J connectivity index is 1.90. The SMILES string of the molecule is CC(C)CCOc1ccc(NC(=O)N2CCC(C(=O)O)C2)c(F)c1. The maximum Gasteiger partial charge on any atom is 0.321 e. The quantitative estimate of drug-likeness (QED) is 0.835. The smallest absolute Gasteiger partial charge is 0.321 e. The number of aliphatic carboxylic acids is 1. The Bertz CT molecular complexity index is 606. The molecule has 24 heavy (non-hydrogen) atoms. The number of urea groups is 1. The van der Waals surface area contributed by atoms with Crippen LogP contribution >= 0.6 is 0 Å². The summed E-state index contributed by atoms with van der Waals surface area (Å²) in [5.41, 5.74) is 0.0509. The molecule has 0 aromatic heterocycles. The van der Waals surface area contributed by atoms with E-state index in [0.717, 1.165) is 6.42 Å². The van der Waals surface area contributed by atoms with Gasteiger partial charge in [0.2, 0.25) is 0 Å². The number of anilines is 1. The summed E-state index contributed by atoms with van der Waals surface area (Å²) in [4.78, 5) is 24.4. The van der Waals surface area contributed by atoms with Gasteiger partial charge in [-0.05, 0) is 30.9 Å². The van der Waals surface area contributed by atoms with E-state index in [9.17, 15) is 14.0 Å².